The summed E-state index contributed by atoms with van der Waals surface area (Å²) in [4.78, 5) is 31.6. The van der Waals surface area contributed by atoms with Gasteiger partial charge < -0.3 is 9.30 Å². The molecule has 0 saturated carbocycles. The standard InChI is InChI=1S/C26H22ClN3O3S/c27-20-11-12-22-21(16-20)28-25(30(22)17-19-9-5-2-6-10-19)34-23(15-18-7-3-1-4-8-18)24(31)29-13-14-33-26(29)32/h1-12,16,23H,13-15,17H2. The molecule has 3 aromatic carbocycles. The lowest BCUT2D eigenvalue weighted by Gasteiger charge is -2.20. The van der Waals surface area contributed by atoms with Crippen molar-refractivity contribution in [2.24, 2.45) is 0 Å². The number of ether oxygens (including phenoxy) is 1. The van der Waals surface area contributed by atoms with E-state index in [9.17, 15) is 9.59 Å². The number of aromatic nitrogens is 2. The highest BCUT2D eigenvalue weighted by Crippen LogP contribution is 2.32. The van der Waals surface area contributed by atoms with Gasteiger partial charge in [-0.15, -0.1) is 0 Å². The lowest BCUT2D eigenvalue weighted by atomic mass is 10.1. The van der Waals surface area contributed by atoms with Crippen molar-refractivity contribution in [2.45, 2.75) is 23.4 Å². The minimum absolute atomic E-state index is 0.221. The molecule has 1 aliphatic rings. The Hall–Kier alpha value is -3.29. The topological polar surface area (TPSA) is 64.4 Å². The zero-order chi connectivity index (χ0) is 23.5. The second kappa shape index (κ2) is 9.91. The molecule has 8 heteroatoms. The molecule has 5 rings (SSSR count). The van der Waals surface area contributed by atoms with Crippen LogP contribution >= 0.6 is 23.4 Å². The molecule has 34 heavy (non-hydrogen) atoms. The van der Waals surface area contributed by atoms with Crippen LogP contribution in [0.2, 0.25) is 5.02 Å². The quantitative estimate of drug-likeness (QED) is 0.323. The smallest absolute Gasteiger partial charge is 0.416 e. The molecule has 1 atom stereocenters. The first-order valence-corrected chi connectivity index (χ1v) is 12.2. The number of carbonyl (C=O) groups is 2. The van der Waals surface area contributed by atoms with Gasteiger partial charge in [0.1, 0.15) is 6.61 Å². The molecular weight excluding hydrogens is 470 g/mol. The van der Waals surface area contributed by atoms with E-state index in [0.29, 0.717) is 23.1 Å². The Bertz CT molecular complexity index is 1330. The van der Waals surface area contributed by atoms with E-state index >= 15 is 0 Å². The monoisotopic (exact) mass is 491 g/mol. The highest BCUT2D eigenvalue weighted by molar-refractivity contribution is 8.00. The number of hydrogen-bond donors (Lipinski definition) is 0. The fourth-order valence-electron chi connectivity index (χ4n) is 3.99. The van der Waals surface area contributed by atoms with Crippen LogP contribution < -0.4 is 0 Å². The van der Waals surface area contributed by atoms with Crippen LogP contribution in [0.5, 0.6) is 0 Å². The van der Waals surface area contributed by atoms with Gasteiger partial charge in [0.25, 0.3) is 0 Å². The van der Waals surface area contributed by atoms with Gasteiger partial charge >= 0.3 is 6.09 Å². The number of cyclic esters (lactones) is 1. The number of amides is 2. The third-order valence-electron chi connectivity index (χ3n) is 5.67. The SMILES string of the molecule is O=C1OCCN1C(=O)C(Cc1ccccc1)Sc1nc2cc(Cl)ccc2n1Cc1ccccc1. The number of fused-ring (bicyclic) bond motifs is 1. The average molecular weight is 492 g/mol. The lowest BCUT2D eigenvalue weighted by molar-refractivity contribution is -0.127. The third-order valence-corrected chi connectivity index (χ3v) is 7.08. The van der Waals surface area contributed by atoms with E-state index in [1.807, 2.05) is 66.7 Å². The fourth-order valence-corrected chi connectivity index (χ4v) is 5.36. The summed E-state index contributed by atoms with van der Waals surface area (Å²) in [5.74, 6) is -0.271. The zero-order valence-corrected chi connectivity index (χ0v) is 19.8. The number of nitrogens with zero attached hydrogens (tertiary/aromatic N) is 3. The number of halogens is 1. The summed E-state index contributed by atoms with van der Waals surface area (Å²) in [7, 11) is 0. The molecule has 2 amide bonds. The second-order valence-electron chi connectivity index (χ2n) is 8.00. The van der Waals surface area contributed by atoms with Crippen molar-refractivity contribution in [3.63, 3.8) is 0 Å². The predicted octanol–water partition coefficient (Wildman–Crippen LogP) is 5.42. The maximum Gasteiger partial charge on any atom is 0.416 e. The second-order valence-corrected chi connectivity index (χ2v) is 9.61. The van der Waals surface area contributed by atoms with Crippen LogP contribution in [-0.2, 0) is 22.5 Å². The number of rotatable bonds is 7. The minimum Gasteiger partial charge on any atom is -0.447 e. The van der Waals surface area contributed by atoms with Gasteiger partial charge in [0.2, 0.25) is 5.91 Å². The molecule has 1 aliphatic heterocycles. The summed E-state index contributed by atoms with van der Waals surface area (Å²) >= 11 is 7.61. The van der Waals surface area contributed by atoms with E-state index < -0.39 is 11.3 Å². The van der Waals surface area contributed by atoms with Crippen molar-refractivity contribution >= 4 is 46.4 Å². The van der Waals surface area contributed by atoms with E-state index in [2.05, 4.69) is 16.7 Å². The minimum atomic E-state index is -0.590. The molecule has 0 radical (unpaired) electrons. The molecule has 1 aromatic heterocycles. The van der Waals surface area contributed by atoms with Crippen LogP contribution in [0.4, 0.5) is 4.79 Å². The van der Waals surface area contributed by atoms with Gasteiger partial charge in [0.05, 0.1) is 29.4 Å². The molecule has 2 heterocycles. The van der Waals surface area contributed by atoms with Crippen LogP contribution in [-0.4, -0.2) is 44.9 Å². The van der Waals surface area contributed by atoms with Gasteiger partial charge in [0.15, 0.2) is 5.16 Å². The Labute approximate surface area is 206 Å². The van der Waals surface area contributed by atoms with E-state index in [1.54, 1.807) is 0 Å². The molecule has 6 nitrogen and oxygen atoms in total. The predicted molar refractivity (Wildman–Crippen MR) is 133 cm³/mol. The molecule has 0 aliphatic carbocycles. The summed E-state index contributed by atoms with van der Waals surface area (Å²) in [6.07, 6.45) is -0.128. The van der Waals surface area contributed by atoms with Crippen LogP contribution in [0.25, 0.3) is 11.0 Å². The molecule has 0 bridgehead atoms. The number of hydrogen-bond acceptors (Lipinski definition) is 5. The first-order chi connectivity index (χ1) is 16.6. The highest BCUT2D eigenvalue weighted by Gasteiger charge is 2.35. The number of imide groups is 1. The number of thioether (sulfide) groups is 1. The molecule has 172 valence electrons. The summed E-state index contributed by atoms with van der Waals surface area (Å²) in [5.41, 5.74) is 3.82. The molecule has 0 spiro atoms. The molecular formula is C26H22ClN3O3S. The Kier molecular flexibility index (Phi) is 6.56. The lowest BCUT2D eigenvalue weighted by Crippen LogP contribution is -2.39. The van der Waals surface area contributed by atoms with Crippen molar-refractivity contribution in [1.29, 1.82) is 0 Å². The van der Waals surface area contributed by atoms with Crippen LogP contribution in [0.1, 0.15) is 11.1 Å². The maximum atomic E-state index is 13.4. The van der Waals surface area contributed by atoms with Crippen molar-refractivity contribution in [2.75, 3.05) is 13.2 Å². The first kappa shape index (κ1) is 22.5. The van der Waals surface area contributed by atoms with E-state index in [0.717, 1.165) is 22.2 Å². The average Bonchev–Trinajstić information content (AvgIpc) is 3.42. The van der Waals surface area contributed by atoms with Crippen molar-refractivity contribution in [3.8, 4) is 0 Å². The molecule has 4 aromatic rings. The van der Waals surface area contributed by atoms with E-state index in [1.165, 1.54) is 16.7 Å². The maximum absolute atomic E-state index is 13.4. The van der Waals surface area contributed by atoms with Crippen molar-refractivity contribution < 1.29 is 14.3 Å². The van der Waals surface area contributed by atoms with Crippen molar-refractivity contribution in [1.82, 2.24) is 14.5 Å². The van der Waals surface area contributed by atoms with Gasteiger partial charge in [-0.1, -0.05) is 84.0 Å². The molecule has 1 saturated heterocycles. The van der Waals surface area contributed by atoms with Gasteiger partial charge in [-0.25, -0.2) is 14.7 Å². The van der Waals surface area contributed by atoms with E-state index in [-0.39, 0.29) is 19.1 Å². The van der Waals surface area contributed by atoms with Crippen LogP contribution in [0.15, 0.2) is 84.0 Å². The molecule has 1 unspecified atom stereocenters. The van der Waals surface area contributed by atoms with E-state index in [4.69, 9.17) is 21.3 Å². The summed E-state index contributed by atoms with van der Waals surface area (Å²) in [5, 5.41) is 0.753. The van der Waals surface area contributed by atoms with Gasteiger partial charge in [0, 0.05) is 5.02 Å². The number of carbonyl (C=O) groups excluding carboxylic acids is 2. The normalized spacial score (nSPS) is 14.4. The number of benzene rings is 3. The van der Waals surface area contributed by atoms with Gasteiger partial charge in [-0.05, 0) is 35.7 Å². The van der Waals surface area contributed by atoms with Gasteiger partial charge in [-0.3, -0.25) is 4.79 Å². The Balaban J connectivity index is 1.53. The Morgan fingerprint density at radius 3 is 2.41 bits per heavy atom. The molecule has 1 fully saturated rings. The van der Waals surface area contributed by atoms with Gasteiger partial charge in [-0.2, -0.15) is 0 Å². The number of imidazole rings is 1. The highest BCUT2D eigenvalue weighted by atomic mass is 35.5. The first-order valence-electron chi connectivity index (χ1n) is 11.0. The Morgan fingerprint density at radius 1 is 1.03 bits per heavy atom. The summed E-state index contributed by atoms with van der Waals surface area (Å²) in [6, 6.07) is 25.5. The zero-order valence-electron chi connectivity index (χ0n) is 18.3. The van der Waals surface area contributed by atoms with Crippen LogP contribution in [0.3, 0.4) is 0 Å². The molecule has 0 N–H and O–H groups in total. The third kappa shape index (κ3) is 4.81. The van der Waals surface area contributed by atoms with Crippen molar-refractivity contribution in [3.05, 3.63) is 95.0 Å². The largest absolute Gasteiger partial charge is 0.447 e. The summed E-state index contributed by atoms with van der Waals surface area (Å²) < 4.78 is 7.12. The van der Waals surface area contributed by atoms with Crippen LogP contribution in [0, 0.1) is 0 Å². The Morgan fingerprint density at radius 2 is 1.74 bits per heavy atom. The fraction of sp³-hybridized carbons (Fsp3) is 0.192. The summed E-state index contributed by atoms with van der Waals surface area (Å²) in [6.45, 7) is 1.08.